The zero-order valence-corrected chi connectivity index (χ0v) is 17.1. The second-order valence-corrected chi connectivity index (χ2v) is 8.08. The monoisotopic (exact) mass is 413 g/mol. The van der Waals surface area contributed by atoms with Gasteiger partial charge < -0.3 is 10.7 Å². The predicted molar refractivity (Wildman–Crippen MR) is 122 cm³/mol. The van der Waals surface area contributed by atoms with Gasteiger partial charge in [0.05, 0.1) is 11.0 Å². The van der Waals surface area contributed by atoms with Crippen LogP contribution in [-0.4, -0.2) is 19.5 Å². The number of nitrogens with two attached hydrogens (primary N) is 1. The standard InChI is InChI=1S/C23H19N5OS/c1-14-6-8-16(9-7-14)28-19-5-3-2-4-18(19)25-23(28)30-13-15-12-21(29)27-22-17(15)10-11-20(24)26-22/h2-12H,13H2,1H3,(H3,24,26,27,29). The Morgan fingerprint density at radius 1 is 1.03 bits per heavy atom. The van der Waals surface area contributed by atoms with Gasteiger partial charge in [0, 0.05) is 22.9 Å². The molecule has 3 aromatic heterocycles. The average Bonchev–Trinajstić information content (AvgIpc) is 3.10. The number of aromatic amines is 1. The molecular weight excluding hydrogens is 394 g/mol. The number of hydrogen-bond donors (Lipinski definition) is 2. The normalized spacial score (nSPS) is 11.4. The third kappa shape index (κ3) is 3.33. The van der Waals surface area contributed by atoms with Gasteiger partial charge in [0.25, 0.3) is 0 Å². The molecule has 0 radical (unpaired) electrons. The van der Waals surface area contributed by atoms with E-state index in [9.17, 15) is 4.79 Å². The van der Waals surface area contributed by atoms with Crippen LogP contribution >= 0.6 is 11.8 Å². The zero-order valence-electron chi connectivity index (χ0n) is 16.3. The first-order valence-electron chi connectivity index (χ1n) is 9.54. The van der Waals surface area contributed by atoms with E-state index in [1.54, 1.807) is 23.9 Å². The number of nitrogen functional groups attached to an aromatic ring is 1. The minimum Gasteiger partial charge on any atom is -0.384 e. The van der Waals surface area contributed by atoms with Crippen molar-refractivity contribution < 1.29 is 0 Å². The summed E-state index contributed by atoms with van der Waals surface area (Å²) >= 11 is 1.59. The van der Waals surface area contributed by atoms with E-state index >= 15 is 0 Å². The molecular formula is C23H19N5OS. The number of aryl methyl sites for hydroxylation is 1. The van der Waals surface area contributed by atoms with Gasteiger partial charge in [0.1, 0.15) is 11.5 Å². The molecule has 0 spiro atoms. The Labute approximate surface area is 176 Å². The summed E-state index contributed by atoms with van der Waals surface area (Å²) in [7, 11) is 0. The fourth-order valence-electron chi connectivity index (χ4n) is 3.52. The molecule has 0 saturated carbocycles. The molecule has 0 unspecified atom stereocenters. The van der Waals surface area contributed by atoms with E-state index in [0.29, 0.717) is 17.2 Å². The number of anilines is 1. The minimum atomic E-state index is -0.191. The van der Waals surface area contributed by atoms with Gasteiger partial charge in [-0.3, -0.25) is 9.36 Å². The van der Waals surface area contributed by atoms with Gasteiger partial charge in [0.15, 0.2) is 5.16 Å². The minimum absolute atomic E-state index is 0.191. The largest absolute Gasteiger partial charge is 0.384 e. The van der Waals surface area contributed by atoms with E-state index in [0.717, 1.165) is 32.8 Å². The summed E-state index contributed by atoms with van der Waals surface area (Å²) in [5.74, 6) is 0.963. The van der Waals surface area contributed by atoms with Crippen LogP contribution in [0, 0.1) is 6.92 Å². The molecule has 7 heteroatoms. The van der Waals surface area contributed by atoms with Crippen LogP contribution in [0.1, 0.15) is 11.1 Å². The van der Waals surface area contributed by atoms with Crippen molar-refractivity contribution in [1.82, 2.24) is 19.5 Å². The van der Waals surface area contributed by atoms with E-state index in [4.69, 9.17) is 10.7 Å². The second kappa shape index (κ2) is 7.35. The lowest BCUT2D eigenvalue weighted by atomic mass is 10.2. The van der Waals surface area contributed by atoms with Crippen LogP contribution in [0.3, 0.4) is 0 Å². The summed E-state index contributed by atoms with van der Waals surface area (Å²) in [6, 6.07) is 21.7. The van der Waals surface area contributed by atoms with Crippen LogP contribution in [0.2, 0.25) is 0 Å². The van der Waals surface area contributed by atoms with Crippen molar-refractivity contribution in [2.45, 2.75) is 17.8 Å². The lowest BCUT2D eigenvalue weighted by Crippen LogP contribution is -2.08. The highest BCUT2D eigenvalue weighted by Gasteiger charge is 2.14. The number of rotatable bonds is 4. The van der Waals surface area contributed by atoms with Gasteiger partial charge in [-0.05, 0) is 48.9 Å². The van der Waals surface area contributed by atoms with Gasteiger partial charge in [-0.25, -0.2) is 9.97 Å². The van der Waals surface area contributed by atoms with Crippen LogP contribution in [0.5, 0.6) is 0 Å². The highest BCUT2D eigenvalue weighted by Crippen LogP contribution is 2.31. The summed E-state index contributed by atoms with van der Waals surface area (Å²) in [6.07, 6.45) is 0. The Kier molecular flexibility index (Phi) is 4.52. The van der Waals surface area contributed by atoms with E-state index in [1.165, 1.54) is 5.56 Å². The smallest absolute Gasteiger partial charge is 0.249 e. The van der Waals surface area contributed by atoms with Crippen LogP contribution in [0.25, 0.3) is 27.8 Å². The van der Waals surface area contributed by atoms with E-state index in [2.05, 4.69) is 51.8 Å². The van der Waals surface area contributed by atoms with Gasteiger partial charge in [-0.1, -0.05) is 41.6 Å². The van der Waals surface area contributed by atoms with Crippen molar-refractivity contribution in [3.05, 3.63) is 88.2 Å². The van der Waals surface area contributed by atoms with E-state index < -0.39 is 0 Å². The second-order valence-electron chi connectivity index (χ2n) is 7.13. The molecule has 5 aromatic rings. The number of para-hydroxylation sites is 2. The summed E-state index contributed by atoms with van der Waals surface area (Å²) in [6.45, 7) is 2.07. The molecule has 2 aromatic carbocycles. The van der Waals surface area contributed by atoms with Crippen molar-refractivity contribution >= 4 is 39.6 Å². The number of nitrogens with zero attached hydrogens (tertiary/aromatic N) is 3. The molecule has 3 N–H and O–H groups in total. The quantitative estimate of drug-likeness (QED) is 0.425. The third-order valence-electron chi connectivity index (χ3n) is 4.99. The molecule has 0 aliphatic heterocycles. The Morgan fingerprint density at radius 2 is 1.83 bits per heavy atom. The van der Waals surface area contributed by atoms with Crippen LogP contribution < -0.4 is 11.3 Å². The predicted octanol–water partition coefficient (Wildman–Crippen LogP) is 4.44. The summed E-state index contributed by atoms with van der Waals surface area (Å²) in [5, 5.41) is 1.76. The summed E-state index contributed by atoms with van der Waals surface area (Å²) in [4.78, 5) is 24.0. The lowest BCUT2D eigenvalue weighted by Gasteiger charge is -2.10. The molecule has 0 aliphatic carbocycles. The van der Waals surface area contributed by atoms with Crippen LogP contribution in [0.15, 0.2) is 76.7 Å². The fraction of sp³-hybridized carbons (Fsp3) is 0.0870. The number of nitrogens with one attached hydrogen (secondary N) is 1. The third-order valence-corrected chi connectivity index (χ3v) is 5.98. The Morgan fingerprint density at radius 3 is 2.67 bits per heavy atom. The maximum absolute atomic E-state index is 12.1. The van der Waals surface area contributed by atoms with Crippen LogP contribution in [-0.2, 0) is 5.75 Å². The summed E-state index contributed by atoms with van der Waals surface area (Å²) < 4.78 is 2.16. The SMILES string of the molecule is Cc1ccc(-n2c(SCc3cc(=O)[nH]c4nc(N)ccc34)nc3ccccc32)cc1. The maximum atomic E-state index is 12.1. The van der Waals surface area contributed by atoms with Crippen LogP contribution in [0.4, 0.5) is 5.82 Å². The van der Waals surface area contributed by atoms with Crippen molar-refractivity contribution in [3.63, 3.8) is 0 Å². The van der Waals surface area contributed by atoms with Crippen molar-refractivity contribution in [2.24, 2.45) is 0 Å². The van der Waals surface area contributed by atoms with E-state index in [-0.39, 0.29) is 5.56 Å². The molecule has 0 saturated heterocycles. The van der Waals surface area contributed by atoms with Gasteiger partial charge in [0.2, 0.25) is 5.56 Å². The molecule has 30 heavy (non-hydrogen) atoms. The number of fused-ring (bicyclic) bond motifs is 2. The highest BCUT2D eigenvalue weighted by molar-refractivity contribution is 7.98. The van der Waals surface area contributed by atoms with Gasteiger partial charge in [-0.15, -0.1) is 0 Å². The Balaban J connectivity index is 1.58. The number of imidazole rings is 1. The molecule has 6 nitrogen and oxygen atoms in total. The molecule has 0 atom stereocenters. The highest BCUT2D eigenvalue weighted by atomic mass is 32.2. The molecule has 148 valence electrons. The van der Waals surface area contributed by atoms with Crippen molar-refractivity contribution in [1.29, 1.82) is 0 Å². The topological polar surface area (TPSA) is 89.6 Å². The number of hydrogen-bond acceptors (Lipinski definition) is 5. The molecule has 0 fully saturated rings. The number of H-pyrrole nitrogens is 1. The maximum Gasteiger partial charge on any atom is 0.249 e. The first-order chi connectivity index (χ1) is 14.6. The average molecular weight is 414 g/mol. The number of pyridine rings is 2. The van der Waals surface area contributed by atoms with Crippen molar-refractivity contribution in [3.8, 4) is 5.69 Å². The lowest BCUT2D eigenvalue weighted by molar-refractivity contribution is 0.918. The number of benzene rings is 2. The van der Waals surface area contributed by atoms with Crippen molar-refractivity contribution in [2.75, 3.05) is 5.73 Å². The molecule has 0 amide bonds. The molecule has 0 aliphatic rings. The first-order valence-corrected chi connectivity index (χ1v) is 10.5. The number of thioether (sulfide) groups is 1. The first kappa shape index (κ1) is 18.4. The van der Waals surface area contributed by atoms with Gasteiger partial charge in [-0.2, -0.15) is 0 Å². The van der Waals surface area contributed by atoms with E-state index in [1.807, 2.05) is 24.3 Å². The Bertz CT molecular complexity index is 1440. The molecule has 0 bridgehead atoms. The zero-order chi connectivity index (χ0) is 20.7. The fourth-order valence-corrected chi connectivity index (χ4v) is 4.54. The summed E-state index contributed by atoms with van der Waals surface area (Å²) in [5.41, 5.74) is 11.2. The van der Waals surface area contributed by atoms with Gasteiger partial charge >= 0.3 is 0 Å². The number of aromatic nitrogens is 4. The Hall–Kier alpha value is -3.58. The molecule has 5 rings (SSSR count). The molecule has 3 heterocycles.